The van der Waals surface area contributed by atoms with Gasteiger partial charge in [0, 0.05) is 10.9 Å². The van der Waals surface area contributed by atoms with Gasteiger partial charge in [0.05, 0.1) is 6.07 Å². The molecule has 6 heteroatoms. The quantitative estimate of drug-likeness (QED) is 0.642. The van der Waals surface area contributed by atoms with Gasteiger partial charge in [0.15, 0.2) is 5.41 Å². The minimum atomic E-state index is -1.59. The first-order valence-corrected chi connectivity index (χ1v) is 9.21. The number of carbonyl (C=O) groups is 2. The summed E-state index contributed by atoms with van der Waals surface area (Å²) in [7, 11) is 0. The van der Waals surface area contributed by atoms with Crippen LogP contribution in [0.25, 0.3) is 0 Å². The van der Waals surface area contributed by atoms with E-state index in [1.807, 2.05) is 0 Å². The Morgan fingerprint density at radius 2 is 1.65 bits per heavy atom. The molecule has 0 fully saturated rings. The number of esters is 2. The van der Waals surface area contributed by atoms with Crippen LogP contribution in [0.4, 0.5) is 0 Å². The predicted octanol–water partition coefficient (Wildman–Crippen LogP) is 4.67. The Morgan fingerprint density at radius 3 is 2.12 bits per heavy atom. The molecule has 0 saturated heterocycles. The Morgan fingerprint density at radius 1 is 1.08 bits per heavy atom. The Labute approximate surface area is 163 Å². The van der Waals surface area contributed by atoms with Crippen molar-refractivity contribution in [1.82, 2.24) is 0 Å². The molecule has 1 aromatic carbocycles. The predicted molar refractivity (Wildman–Crippen MR) is 102 cm³/mol. The van der Waals surface area contributed by atoms with E-state index in [0.29, 0.717) is 5.56 Å². The number of rotatable bonds is 5. The zero-order chi connectivity index (χ0) is 20.2. The van der Waals surface area contributed by atoms with Gasteiger partial charge in [0.1, 0.15) is 11.2 Å². The van der Waals surface area contributed by atoms with Crippen molar-refractivity contribution in [3.05, 3.63) is 34.3 Å². The molecule has 0 heterocycles. The van der Waals surface area contributed by atoms with E-state index in [1.54, 1.807) is 65.8 Å². The van der Waals surface area contributed by atoms with Gasteiger partial charge in [0.2, 0.25) is 0 Å². The summed E-state index contributed by atoms with van der Waals surface area (Å²) in [5.41, 5.74) is -2.49. The molecule has 1 atom stereocenters. The van der Waals surface area contributed by atoms with E-state index in [0.717, 1.165) is 4.47 Å². The second kappa shape index (κ2) is 8.22. The Kier molecular flexibility index (Phi) is 7.01. The van der Waals surface area contributed by atoms with Crippen LogP contribution >= 0.6 is 15.9 Å². The van der Waals surface area contributed by atoms with Gasteiger partial charge < -0.3 is 9.47 Å². The summed E-state index contributed by atoms with van der Waals surface area (Å²) in [5.74, 6) is -1.13. The molecule has 0 spiro atoms. The van der Waals surface area contributed by atoms with Crippen molar-refractivity contribution in [3.63, 3.8) is 0 Å². The molecule has 0 saturated carbocycles. The average molecular weight is 424 g/mol. The van der Waals surface area contributed by atoms with Gasteiger partial charge in [-0.3, -0.25) is 4.79 Å². The molecule has 0 N–H and O–H groups in total. The Bertz CT molecular complexity index is 710. The van der Waals surface area contributed by atoms with E-state index >= 15 is 0 Å². The van der Waals surface area contributed by atoms with Gasteiger partial charge in [-0.25, -0.2) is 4.79 Å². The third-order valence-electron chi connectivity index (χ3n) is 3.38. The summed E-state index contributed by atoms with van der Waals surface area (Å²) in [4.78, 5) is 25.0. The molecule has 1 rings (SSSR count). The van der Waals surface area contributed by atoms with Crippen LogP contribution in [0.1, 0.15) is 59.9 Å². The summed E-state index contributed by atoms with van der Waals surface area (Å²) in [6, 6.07) is 9.02. The minimum absolute atomic E-state index is 0.0240. The van der Waals surface area contributed by atoms with Crippen molar-refractivity contribution in [2.24, 2.45) is 0 Å². The molecular weight excluding hydrogens is 398 g/mol. The highest BCUT2D eigenvalue weighted by atomic mass is 79.9. The topological polar surface area (TPSA) is 76.4 Å². The highest BCUT2D eigenvalue weighted by molar-refractivity contribution is 9.10. The van der Waals surface area contributed by atoms with Crippen LogP contribution in [-0.2, 0) is 24.5 Å². The molecule has 0 aromatic heterocycles. The van der Waals surface area contributed by atoms with Crippen LogP contribution in [-0.4, -0.2) is 23.1 Å². The molecule has 5 nitrogen and oxygen atoms in total. The number of hydrogen-bond donors (Lipinski definition) is 0. The lowest BCUT2D eigenvalue weighted by Gasteiger charge is -2.30. The van der Waals surface area contributed by atoms with Crippen LogP contribution in [0.3, 0.4) is 0 Å². The van der Waals surface area contributed by atoms with Crippen molar-refractivity contribution in [1.29, 1.82) is 5.26 Å². The van der Waals surface area contributed by atoms with Crippen molar-refractivity contribution in [2.45, 2.75) is 71.0 Å². The highest BCUT2D eigenvalue weighted by Crippen LogP contribution is 2.34. The third-order valence-corrected chi connectivity index (χ3v) is 3.87. The second-order valence-electron chi connectivity index (χ2n) is 8.12. The number of ether oxygens (including phenoxy) is 2. The number of hydrogen-bond acceptors (Lipinski definition) is 5. The van der Waals surface area contributed by atoms with Gasteiger partial charge in [-0.2, -0.15) is 5.26 Å². The zero-order valence-electron chi connectivity index (χ0n) is 16.2. The maximum absolute atomic E-state index is 12.9. The van der Waals surface area contributed by atoms with Crippen molar-refractivity contribution >= 4 is 27.9 Å². The smallest absolute Gasteiger partial charge is 0.331 e. The Hall–Kier alpha value is -1.87. The Balaban J connectivity index is 3.22. The summed E-state index contributed by atoms with van der Waals surface area (Å²) in [6.45, 7) is 10.5. The summed E-state index contributed by atoms with van der Waals surface area (Å²) >= 11 is 3.36. The molecule has 1 aromatic rings. The largest absolute Gasteiger partial charge is 0.460 e. The van der Waals surface area contributed by atoms with Crippen LogP contribution in [0.2, 0.25) is 0 Å². The first-order valence-electron chi connectivity index (χ1n) is 8.42. The lowest BCUT2D eigenvalue weighted by molar-refractivity contribution is -0.161. The average Bonchev–Trinajstić information content (AvgIpc) is 2.44. The second-order valence-corrected chi connectivity index (χ2v) is 9.03. The lowest BCUT2D eigenvalue weighted by atomic mass is 9.77. The van der Waals surface area contributed by atoms with E-state index in [1.165, 1.54) is 0 Å². The minimum Gasteiger partial charge on any atom is -0.460 e. The molecule has 0 amide bonds. The van der Waals surface area contributed by atoms with Crippen LogP contribution in [0.5, 0.6) is 0 Å². The first kappa shape index (κ1) is 22.2. The van der Waals surface area contributed by atoms with E-state index < -0.39 is 28.6 Å². The fourth-order valence-electron chi connectivity index (χ4n) is 2.33. The van der Waals surface area contributed by atoms with Gasteiger partial charge in [-0.05, 0) is 65.7 Å². The molecular formula is C20H26BrNO4. The summed E-state index contributed by atoms with van der Waals surface area (Å²) < 4.78 is 11.5. The lowest BCUT2D eigenvalue weighted by Crippen LogP contribution is -2.41. The number of nitriles is 1. The zero-order valence-corrected chi connectivity index (χ0v) is 17.8. The monoisotopic (exact) mass is 423 g/mol. The van der Waals surface area contributed by atoms with E-state index in [4.69, 9.17) is 9.47 Å². The summed E-state index contributed by atoms with van der Waals surface area (Å²) in [6.07, 6.45) is -0.0969. The van der Waals surface area contributed by atoms with Crippen molar-refractivity contribution in [2.75, 3.05) is 0 Å². The van der Waals surface area contributed by atoms with E-state index in [-0.39, 0.29) is 12.8 Å². The number of nitrogens with zero attached hydrogens (tertiary/aromatic N) is 1. The molecule has 142 valence electrons. The fraction of sp³-hybridized carbons (Fsp3) is 0.550. The number of benzene rings is 1. The first-order chi connectivity index (χ1) is 11.8. The molecule has 0 aliphatic carbocycles. The van der Waals surface area contributed by atoms with E-state index in [2.05, 4.69) is 22.0 Å². The fourth-order valence-corrected chi connectivity index (χ4v) is 2.73. The number of halogens is 1. The summed E-state index contributed by atoms with van der Waals surface area (Å²) in [5, 5.41) is 9.92. The van der Waals surface area contributed by atoms with E-state index in [9.17, 15) is 14.9 Å². The van der Waals surface area contributed by atoms with Crippen LogP contribution in [0, 0.1) is 11.3 Å². The molecule has 0 aliphatic rings. The van der Waals surface area contributed by atoms with Crippen LogP contribution in [0.15, 0.2) is 28.7 Å². The van der Waals surface area contributed by atoms with Gasteiger partial charge in [0.25, 0.3) is 0 Å². The molecule has 0 bridgehead atoms. The third kappa shape index (κ3) is 6.45. The number of carbonyl (C=O) groups excluding carboxylic acids is 2. The maximum atomic E-state index is 12.9. The van der Waals surface area contributed by atoms with Crippen LogP contribution < -0.4 is 0 Å². The van der Waals surface area contributed by atoms with Gasteiger partial charge >= 0.3 is 11.9 Å². The van der Waals surface area contributed by atoms with Gasteiger partial charge in [-0.15, -0.1) is 0 Å². The standard InChI is InChI=1S/C20H26BrNO4/c1-18(2,3)25-16(23)10-11-20(13-22,17(24)26-19(4,5)6)14-8-7-9-15(21)12-14/h7-9,12H,10-11H2,1-6H3. The highest BCUT2D eigenvalue weighted by Gasteiger charge is 2.44. The SMILES string of the molecule is CC(C)(C)OC(=O)CCC(C#N)(C(=O)OC(C)(C)C)c1cccc(Br)c1. The molecule has 1 unspecified atom stereocenters. The molecule has 0 aliphatic heterocycles. The molecule has 26 heavy (non-hydrogen) atoms. The van der Waals surface area contributed by atoms with Gasteiger partial charge in [-0.1, -0.05) is 28.1 Å². The van der Waals surface area contributed by atoms with Crippen molar-refractivity contribution in [3.8, 4) is 6.07 Å². The molecule has 0 radical (unpaired) electrons. The normalized spacial score (nSPS) is 14.1. The van der Waals surface area contributed by atoms with Crippen molar-refractivity contribution < 1.29 is 19.1 Å². The maximum Gasteiger partial charge on any atom is 0.331 e.